The molecular weight excluding hydrogens is 439 g/mol. The van der Waals surface area contributed by atoms with Crippen LogP contribution in [0, 0.1) is 0 Å². The number of benzene rings is 3. The summed E-state index contributed by atoms with van der Waals surface area (Å²) in [6, 6.07) is 25.0. The summed E-state index contributed by atoms with van der Waals surface area (Å²) < 4.78 is 7.98. The van der Waals surface area contributed by atoms with Crippen LogP contribution in [0.25, 0.3) is 10.9 Å². The third-order valence-electron chi connectivity index (χ3n) is 5.14. The number of carboxylic acids is 1. The maximum absolute atomic E-state index is 11.2. The molecule has 3 aromatic carbocycles. The molecule has 0 aliphatic carbocycles. The van der Waals surface area contributed by atoms with E-state index in [0.717, 1.165) is 28.6 Å². The topological polar surface area (TPSA) is 75.9 Å². The first-order valence-electron chi connectivity index (χ1n) is 10.9. The zero-order chi connectivity index (χ0) is 23.0. The van der Waals surface area contributed by atoms with Crippen LogP contribution in [-0.2, 0) is 22.6 Å². The average Bonchev–Trinajstić information content (AvgIpc) is 3.16. The molecule has 0 radical (unpaired) electrons. The molecule has 6 nitrogen and oxygen atoms in total. The zero-order valence-electron chi connectivity index (χ0n) is 19.4. The SMILES string of the molecule is CCCON=C(Cn1cc(CC(=O)[O-])c2ccccc21)c1cccc(Oc2ccccc2)c1.[Na+]. The second-order valence-corrected chi connectivity index (χ2v) is 7.66. The van der Waals surface area contributed by atoms with Gasteiger partial charge in [0, 0.05) is 35.1 Å². The number of hydrogen-bond donors (Lipinski definition) is 0. The van der Waals surface area contributed by atoms with Gasteiger partial charge in [0.05, 0.1) is 6.54 Å². The van der Waals surface area contributed by atoms with E-state index in [-0.39, 0.29) is 36.0 Å². The van der Waals surface area contributed by atoms with Gasteiger partial charge in [0.2, 0.25) is 0 Å². The Hall–Kier alpha value is -3.06. The summed E-state index contributed by atoms with van der Waals surface area (Å²) in [6.45, 7) is 2.94. The van der Waals surface area contributed by atoms with E-state index >= 15 is 0 Å². The number of hydrogen-bond acceptors (Lipinski definition) is 5. The Morgan fingerprint density at radius 3 is 2.47 bits per heavy atom. The molecule has 0 saturated heterocycles. The molecule has 0 atom stereocenters. The summed E-state index contributed by atoms with van der Waals surface area (Å²) in [5.41, 5.74) is 3.20. The molecule has 0 saturated carbocycles. The van der Waals surface area contributed by atoms with Gasteiger partial charge in [-0.15, -0.1) is 0 Å². The van der Waals surface area contributed by atoms with Crippen molar-refractivity contribution in [3.05, 3.63) is 96.2 Å². The molecule has 0 amide bonds. The molecule has 0 aliphatic heterocycles. The maximum atomic E-state index is 11.2. The summed E-state index contributed by atoms with van der Waals surface area (Å²) >= 11 is 0. The number of carboxylic acid groups (broad SMARTS) is 1. The summed E-state index contributed by atoms with van der Waals surface area (Å²) in [4.78, 5) is 16.8. The average molecular weight is 464 g/mol. The second kappa shape index (κ2) is 12.4. The third-order valence-corrected chi connectivity index (χ3v) is 5.14. The molecule has 1 aromatic heterocycles. The van der Waals surface area contributed by atoms with Crippen molar-refractivity contribution in [2.75, 3.05) is 6.61 Å². The maximum Gasteiger partial charge on any atom is 1.00 e. The summed E-state index contributed by atoms with van der Waals surface area (Å²) in [5, 5.41) is 16.6. The van der Waals surface area contributed by atoms with E-state index in [9.17, 15) is 9.90 Å². The molecule has 1 heterocycles. The third kappa shape index (κ3) is 6.50. The first kappa shape index (κ1) is 25.6. The van der Waals surface area contributed by atoms with Crippen LogP contribution >= 0.6 is 0 Å². The van der Waals surface area contributed by atoms with Gasteiger partial charge in [-0.2, -0.15) is 0 Å². The van der Waals surface area contributed by atoms with Gasteiger partial charge in [-0.05, 0) is 42.3 Å². The predicted molar refractivity (Wildman–Crippen MR) is 126 cm³/mol. The van der Waals surface area contributed by atoms with Crippen molar-refractivity contribution < 1.29 is 49.0 Å². The van der Waals surface area contributed by atoms with E-state index in [2.05, 4.69) is 5.16 Å². The van der Waals surface area contributed by atoms with Crippen LogP contribution in [-0.4, -0.2) is 22.9 Å². The molecule has 4 aromatic rings. The van der Waals surface area contributed by atoms with Crippen LogP contribution in [0.5, 0.6) is 11.5 Å². The standard InChI is InChI=1S/C27H26N2O4.Na/c1-2-15-32-28-25(20-9-8-12-23(16-20)33-22-10-4-3-5-11-22)19-29-18-21(17-27(30)31)24-13-6-7-14-26(24)29;/h3-14,16,18H,2,15,17,19H2,1H3,(H,30,31);/q;+1/p-1. The fraction of sp³-hybridized carbons (Fsp3) is 0.185. The van der Waals surface area contributed by atoms with E-state index in [4.69, 9.17) is 9.57 Å². The molecule has 0 bridgehead atoms. The molecule has 34 heavy (non-hydrogen) atoms. The normalized spacial score (nSPS) is 11.1. The largest absolute Gasteiger partial charge is 1.00 e. The van der Waals surface area contributed by atoms with Crippen molar-refractivity contribution in [1.29, 1.82) is 0 Å². The summed E-state index contributed by atoms with van der Waals surface area (Å²) in [6.07, 6.45) is 2.54. The number of carbonyl (C=O) groups is 1. The van der Waals surface area contributed by atoms with Crippen molar-refractivity contribution >= 4 is 22.6 Å². The van der Waals surface area contributed by atoms with Crippen molar-refractivity contribution in [1.82, 2.24) is 4.57 Å². The van der Waals surface area contributed by atoms with Gasteiger partial charge >= 0.3 is 29.6 Å². The van der Waals surface area contributed by atoms with E-state index < -0.39 is 5.97 Å². The summed E-state index contributed by atoms with van der Waals surface area (Å²) in [5.74, 6) is 0.333. The predicted octanol–water partition coefficient (Wildman–Crippen LogP) is 1.56. The Balaban J connectivity index is 0.00000324. The van der Waals surface area contributed by atoms with Crippen molar-refractivity contribution in [2.45, 2.75) is 26.3 Å². The number of carbonyl (C=O) groups excluding carboxylic acids is 1. The van der Waals surface area contributed by atoms with E-state index in [1.165, 1.54) is 0 Å². The smallest absolute Gasteiger partial charge is 0.550 e. The van der Waals surface area contributed by atoms with Crippen LogP contribution in [0.1, 0.15) is 24.5 Å². The van der Waals surface area contributed by atoms with Crippen molar-refractivity contribution in [2.24, 2.45) is 5.16 Å². The summed E-state index contributed by atoms with van der Waals surface area (Å²) in [7, 11) is 0. The fourth-order valence-corrected chi connectivity index (χ4v) is 3.66. The fourth-order valence-electron chi connectivity index (χ4n) is 3.66. The minimum absolute atomic E-state index is 0. The van der Waals surface area contributed by atoms with E-state index in [0.29, 0.717) is 30.2 Å². The number of oxime groups is 1. The Morgan fingerprint density at radius 2 is 1.71 bits per heavy atom. The molecule has 0 N–H and O–H groups in total. The van der Waals surface area contributed by atoms with Crippen LogP contribution in [0.3, 0.4) is 0 Å². The van der Waals surface area contributed by atoms with Crippen LogP contribution in [0.2, 0.25) is 0 Å². The van der Waals surface area contributed by atoms with E-state index in [1.54, 1.807) is 0 Å². The molecule has 7 heteroatoms. The number of nitrogens with zero attached hydrogens (tertiary/aromatic N) is 2. The molecule has 0 unspecified atom stereocenters. The minimum Gasteiger partial charge on any atom is -0.550 e. The second-order valence-electron chi connectivity index (χ2n) is 7.66. The number of aromatic nitrogens is 1. The van der Waals surface area contributed by atoms with Gasteiger partial charge in [-0.25, -0.2) is 0 Å². The van der Waals surface area contributed by atoms with E-state index in [1.807, 2.05) is 96.6 Å². The van der Waals surface area contributed by atoms with Gasteiger partial charge in [0.15, 0.2) is 0 Å². The van der Waals surface area contributed by atoms with Crippen molar-refractivity contribution in [3.63, 3.8) is 0 Å². The van der Waals surface area contributed by atoms with Gasteiger partial charge < -0.3 is 24.0 Å². The minimum atomic E-state index is -1.11. The first-order valence-corrected chi connectivity index (χ1v) is 10.9. The van der Waals surface area contributed by atoms with Crippen LogP contribution < -0.4 is 39.4 Å². The number of aliphatic carboxylic acids is 1. The Labute approximate surface area is 221 Å². The van der Waals surface area contributed by atoms with Crippen molar-refractivity contribution in [3.8, 4) is 11.5 Å². The number of fused-ring (bicyclic) bond motifs is 1. The molecular formula is C27H25N2NaO4. The molecule has 0 fully saturated rings. The molecule has 0 spiro atoms. The molecule has 0 aliphatic rings. The molecule has 4 rings (SSSR count). The van der Waals surface area contributed by atoms with Crippen LogP contribution in [0.15, 0.2) is 90.2 Å². The van der Waals surface area contributed by atoms with Crippen LogP contribution in [0.4, 0.5) is 0 Å². The first-order chi connectivity index (χ1) is 16.1. The monoisotopic (exact) mass is 464 g/mol. The number of rotatable bonds is 10. The molecule has 168 valence electrons. The Morgan fingerprint density at radius 1 is 0.971 bits per heavy atom. The zero-order valence-corrected chi connectivity index (χ0v) is 21.4. The number of para-hydroxylation sites is 2. The number of ether oxygens (including phenoxy) is 1. The van der Waals surface area contributed by atoms with Gasteiger partial charge in [0.25, 0.3) is 0 Å². The quantitative estimate of drug-likeness (QED) is 0.155. The Kier molecular flexibility index (Phi) is 9.33. The van der Waals surface area contributed by atoms with Gasteiger partial charge in [0.1, 0.15) is 23.8 Å². The van der Waals surface area contributed by atoms with Gasteiger partial charge in [-0.3, -0.25) is 0 Å². The Bertz CT molecular complexity index is 1270. The van der Waals surface area contributed by atoms with Gasteiger partial charge in [-0.1, -0.05) is 60.6 Å².